The number of hydrogen-bond acceptors (Lipinski definition) is 3. The largest absolute Gasteiger partial charge is 0.342 e. The minimum absolute atomic E-state index is 0.0658. The molecule has 1 aliphatic rings. The molecule has 28 heavy (non-hydrogen) atoms. The molecule has 0 unspecified atom stereocenters. The number of benzene rings is 1. The maximum atomic E-state index is 12.6. The molecule has 1 saturated heterocycles. The molecule has 0 aliphatic carbocycles. The molecule has 4 rings (SSSR count). The summed E-state index contributed by atoms with van der Waals surface area (Å²) in [6.07, 6.45) is 4.24. The summed E-state index contributed by atoms with van der Waals surface area (Å²) >= 11 is 0. The molecule has 144 valence electrons. The van der Waals surface area contributed by atoms with Gasteiger partial charge in [0.2, 0.25) is 11.8 Å². The fourth-order valence-electron chi connectivity index (χ4n) is 3.61. The highest BCUT2D eigenvalue weighted by Crippen LogP contribution is 2.24. The van der Waals surface area contributed by atoms with E-state index in [2.05, 4.69) is 24.1 Å². The van der Waals surface area contributed by atoms with Crippen molar-refractivity contribution in [2.24, 2.45) is 11.8 Å². The van der Waals surface area contributed by atoms with Crippen LogP contribution in [0.5, 0.6) is 0 Å². The first kappa shape index (κ1) is 18.2. The number of amides is 2. The van der Waals surface area contributed by atoms with Gasteiger partial charge in [-0.25, -0.2) is 4.98 Å². The van der Waals surface area contributed by atoms with Gasteiger partial charge in [-0.2, -0.15) is 0 Å². The highest BCUT2D eigenvalue weighted by molar-refractivity contribution is 5.97. The molecule has 1 aliphatic heterocycles. The summed E-state index contributed by atoms with van der Waals surface area (Å²) in [6.45, 7) is 5.36. The lowest BCUT2D eigenvalue weighted by Crippen LogP contribution is -2.31. The molecule has 1 aromatic carbocycles. The Morgan fingerprint density at radius 2 is 2.00 bits per heavy atom. The van der Waals surface area contributed by atoms with Gasteiger partial charge in [0.25, 0.3) is 0 Å². The van der Waals surface area contributed by atoms with Crippen LogP contribution in [0.15, 0.2) is 54.9 Å². The number of carbonyl (C=O) groups excluding carboxylic acids is 2. The normalized spacial score (nSPS) is 16.9. The van der Waals surface area contributed by atoms with Gasteiger partial charge < -0.3 is 14.6 Å². The molecule has 3 aromatic rings. The molecular formula is C22H24N4O2. The van der Waals surface area contributed by atoms with Gasteiger partial charge in [0, 0.05) is 43.2 Å². The van der Waals surface area contributed by atoms with Crippen LogP contribution in [0, 0.1) is 11.8 Å². The van der Waals surface area contributed by atoms with E-state index in [0.717, 1.165) is 22.6 Å². The molecule has 3 heterocycles. The highest BCUT2D eigenvalue weighted by atomic mass is 16.2. The van der Waals surface area contributed by atoms with Crippen molar-refractivity contribution in [2.75, 3.05) is 18.4 Å². The number of pyridine rings is 1. The van der Waals surface area contributed by atoms with E-state index >= 15 is 0 Å². The van der Waals surface area contributed by atoms with E-state index in [-0.39, 0.29) is 24.2 Å². The van der Waals surface area contributed by atoms with E-state index in [1.165, 1.54) is 0 Å². The number of carbonyl (C=O) groups is 2. The van der Waals surface area contributed by atoms with Gasteiger partial charge in [-0.05, 0) is 30.2 Å². The standard InChI is InChI=1S/C22H24N4O2/c1-15(2)12-26-13-17(11-21(26)27)22(28)23-18-8-6-16(7-9-18)19-14-25-10-4-3-5-20(25)24-19/h3-10,14-15,17H,11-13H2,1-2H3,(H,23,28)/t17-/m1/s1. The Balaban J connectivity index is 1.42. The number of likely N-dealkylation sites (tertiary alicyclic amines) is 1. The molecule has 1 N–H and O–H groups in total. The van der Waals surface area contributed by atoms with Crippen LogP contribution in [-0.2, 0) is 9.59 Å². The molecule has 0 bridgehead atoms. The third-order valence-corrected chi connectivity index (χ3v) is 4.98. The van der Waals surface area contributed by atoms with E-state index in [0.29, 0.717) is 19.0 Å². The number of nitrogens with zero attached hydrogens (tertiary/aromatic N) is 3. The average Bonchev–Trinajstić information content (AvgIpc) is 3.26. The zero-order valence-electron chi connectivity index (χ0n) is 16.1. The maximum absolute atomic E-state index is 12.6. The Kier molecular flexibility index (Phi) is 4.86. The van der Waals surface area contributed by atoms with E-state index in [1.807, 2.05) is 59.3 Å². The van der Waals surface area contributed by atoms with Gasteiger partial charge in [0.15, 0.2) is 0 Å². The van der Waals surface area contributed by atoms with E-state index in [4.69, 9.17) is 0 Å². The number of nitrogens with one attached hydrogen (secondary N) is 1. The minimum atomic E-state index is -0.288. The van der Waals surface area contributed by atoms with E-state index < -0.39 is 0 Å². The zero-order chi connectivity index (χ0) is 19.7. The van der Waals surface area contributed by atoms with Gasteiger partial charge >= 0.3 is 0 Å². The third kappa shape index (κ3) is 3.76. The zero-order valence-corrected chi connectivity index (χ0v) is 16.1. The Morgan fingerprint density at radius 1 is 1.21 bits per heavy atom. The molecule has 1 fully saturated rings. The predicted octanol–water partition coefficient (Wildman–Crippen LogP) is 3.44. The summed E-state index contributed by atoms with van der Waals surface area (Å²) in [4.78, 5) is 31.1. The first-order chi connectivity index (χ1) is 13.5. The Labute approximate surface area is 164 Å². The number of aromatic nitrogens is 2. The first-order valence-electron chi connectivity index (χ1n) is 9.62. The molecule has 6 heteroatoms. The predicted molar refractivity (Wildman–Crippen MR) is 109 cm³/mol. The molecule has 2 aromatic heterocycles. The van der Waals surface area contributed by atoms with Crippen LogP contribution >= 0.6 is 0 Å². The molecular weight excluding hydrogens is 352 g/mol. The lowest BCUT2D eigenvalue weighted by atomic mass is 10.1. The highest BCUT2D eigenvalue weighted by Gasteiger charge is 2.34. The van der Waals surface area contributed by atoms with Crippen LogP contribution in [-0.4, -0.2) is 39.2 Å². The summed E-state index contributed by atoms with van der Waals surface area (Å²) in [5, 5.41) is 2.94. The van der Waals surface area contributed by atoms with Crippen LogP contribution in [0.1, 0.15) is 20.3 Å². The lowest BCUT2D eigenvalue weighted by molar-refractivity contribution is -0.128. The van der Waals surface area contributed by atoms with Crippen molar-refractivity contribution in [3.8, 4) is 11.3 Å². The van der Waals surface area contributed by atoms with Crippen LogP contribution in [0.4, 0.5) is 5.69 Å². The van der Waals surface area contributed by atoms with Gasteiger partial charge in [-0.1, -0.05) is 32.0 Å². The smallest absolute Gasteiger partial charge is 0.229 e. The number of rotatable bonds is 5. The Bertz CT molecular complexity index is 974. The number of fused-ring (bicyclic) bond motifs is 1. The van der Waals surface area contributed by atoms with Crippen LogP contribution in [0.3, 0.4) is 0 Å². The summed E-state index contributed by atoms with van der Waals surface area (Å²) in [7, 11) is 0. The quantitative estimate of drug-likeness (QED) is 0.742. The van der Waals surface area contributed by atoms with Gasteiger partial charge in [0.1, 0.15) is 5.65 Å². The molecule has 2 amide bonds. The molecule has 1 atom stereocenters. The van der Waals surface area contributed by atoms with Crippen molar-refractivity contribution in [3.63, 3.8) is 0 Å². The van der Waals surface area contributed by atoms with Crippen LogP contribution < -0.4 is 5.32 Å². The topological polar surface area (TPSA) is 66.7 Å². The van der Waals surface area contributed by atoms with E-state index in [9.17, 15) is 9.59 Å². The Hall–Kier alpha value is -3.15. The first-order valence-corrected chi connectivity index (χ1v) is 9.62. The van der Waals surface area contributed by atoms with Crippen molar-refractivity contribution in [1.29, 1.82) is 0 Å². The van der Waals surface area contributed by atoms with Crippen molar-refractivity contribution in [2.45, 2.75) is 20.3 Å². The maximum Gasteiger partial charge on any atom is 0.229 e. The van der Waals surface area contributed by atoms with Crippen LogP contribution in [0.25, 0.3) is 16.9 Å². The minimum Gasteiger partial charge on any atom is -0.342 e. The molecule has 0 saturated carbocycles. The van der Waals surface area contributed by atoms with Gasteiger partial charge in [-0.15, -0.1) is 0 Å². The molecule has 0 radical (unpaired) electrons. The van der Waals surface area contributed by atoms with Crippen molar-refractivity contribution in [1.82, 2.24) is 14.3 Å². The second-order valence-corrected chi connectivity index (χ2v) is 7.75. The molecule has 0 spiro atoms. The summed E-state index contributed by atoms with van der Waals surface area (Å²) in [5.74, 6) is 0.0819. The summed E-state index contributed by atoms with van der Waals surface area (Å²) in [5.41, 5.74) is 3.50. The fraction of sp³-hybridized carbons (Fsp3) is 0.318. The van der Waals surface area contributed by atoms with E-state index in [1.54, 1.807) is 4.90 Å². The van der Waals surface area contributed by atoms with Crippen molar-refractivity contribution in [3.05, 3.63) is 54.9 Å². The van der Waals surface area contributed by atoms with Crippen molar-refractivity contribution < 1.29 is 9.59 Å². The third-order valence-electron chi connectivity index (χ3n) is 4.98. The molecule has 6 nitrogen and oxygen atoms in total. The number of anilines is 1. The van der Waals surface area contributed by atoms with Crippen LogP contribution in [0.2, 0.25) is 0 Å². The SMILES string of the molecule is CC(C)CN1C[C@H](C(=O)Nc2ccc(-c3cn4ccccc4n3)cc2)CC1=O. The Morgan fingerprint density at radius 3 is 2.71 bits per heavy atom. The second kappa shape index (κ2) is 7.46. The lowest BCUT2D eigenvalue weighted by Gasteiger charge is -2.18. The summed E-state index contributed by atoms with van der Waals surface area (Å²) < 4.78 is 1.98. The number of imidazole rings is 1. The average molecular weight is 376 g/mol. The number of hydrogen-bond donors (Lipinski definition) is 1. The summed E-state index contributed by atoms with van der Waals surface area (Å²) in [6, 6.07) is 13.5. The fourth-order valence-corrected chi connectivity index (χ4v) is 3.61. The second-order valence-electron chi connectivity index (χ2n) is 7.75. The van der Waals surface area contributed by atoms with Crippen molar-refractivity contribution >= 4 is 23.1 Å². The van der Waals surface area contributed by atoms with Gasteiger partial charge in [-0.3, -0.25) is 9.59 Å². The van der Waals surface area contributed by atoms with Gasteiger partial charge in [0.05, 0.1) is 11.6 Å². The monoisotopic (exact) mass is 376 g/mol.